The summed E-state index contributed by atoms with van der Waals surface area (Å²) in [5.74, 6) is 0.354. The van der Waals surface area contributed by atoms with E-state index in [1.807, 2.05) is 79.7 Å². The largest absolute Gasteiger partial charge is 0.354 e. The second-order valence-corrected chi connectivity index (χ2v) is 8.83. The highest BCUT2D eigenvalue weighted by molar-refractivity contribution is 8.15. The van der Waals surface area contributed by atoms with Crippen molar-refractivity contribution >= 4 is 57.2 Å². The number of nitrogens with one attached hydrogen (secondary N) is 1. The molecule has 4 aromatic rings. The van der Waals surface area contributed by atoms with Gasteiger partial charge in [-0.15, -0.1) is 5.10 Å². The lowest BCUT2D eigenvalue weighted by molar-refractivity contribution is -0.115. The summed E-state index contributed by atoms with van der Waals surface area (Å²) in [6, 6.07) is 23.6. The molecule has 0 spiro atoms. The molecule has 1 aliphatic heterocycles. The molecule has 1 aromatic heterocycles. The van der Waals surface area contributed by atoms with E-state index in [9.17, 15) is 4.79 Å². The molecule has 32 heavy (non-hydrogen) atoms. The first-order valence-corrected chi connectivity index (χ1v) is 11.5. The summed E-state index contributed by atoms with van der Waals surface area (Å²) >= 11 is 7.46. The van der Waals surface area contributed by atoms with Crippen LogP contribution in [0, 0.1) is 6.92 Å². The Morgan fingerprint density at radius 3 is 2.56 bits per heavy atom. The maximum absolute atomic E-state index is 12.5. The van der Waals surface area contributed by atoms with Gasteiger partial charge in [0, 0.05) is 21.5 Å². The number of amidine groups is 1. The van der Waals surface area contributed by atoms with Crippen molar-refractivity contribution in [3.63, 3.8) is 0 Å². The Hall–Kier alpha value is -3.35. The van der Waals surface area contributed by atoms with E-state index in [1.165, 1.54) is 11.8 Å². The summed E-state index contributed by atoms with van der Waals surface area (Å²) < 4.78 is 0. The molecule has 3 aromatic carbocycles. The second-order valence-electron chi connectivity index (χ2n) is 7.45. The minimum absolute atomic E-state index is 0.00162. The van der Waals surface area contributed by atoms with Crippen LogP contribution in [0.2, 0.25) is 5.02 Å². The highest BCUT2D eigenvalue weighted by Crippen LogP contribution is 2.30. The SMILES string of the molecule is Cc1ccc(N2C(=O)CSC2=N/N=C\c2c(-c3ccc(Cl)cc3)[nH]c3ccccc23)cc1. The summed E-state index contributed by atoms with van der Waals surface area (Å²) in [5.41, 5.74) is 5.83. The van der Waals surface area contributed by atoms with Gasteiger partial charge in [-0.1, -0.05) is 71.4 Å². The Kier molecular flexibility index (Phi) is 5.55. The van der Waals surface area contributed by atoms with Gasteiger partial charge in [0.05, 0.1) is 23.3 Å². The van der Waals surface area contributed by atoms with Gasteiger partial charge in [0.25, 0.3) is 0 Å². The number of aromatic amines is 1. The van der Waals surface area contributed by atoms with Crippen LogP contribution in [-0.2, 0) is 4.79 Å². The van der Waals surface area contributed by atoms with Gasteiger partial charge in [0.2, 0.25) is 5.91 Å². The molecule has 1 amide bonds. The number of fused-ring (bicyclic) bond motifs is 1. The third-order valence-electron chi connectivity index (χ3n) is 5.27. The van der Waals surface area contributed by atoms with Gasteiger partial charge in [0.15, 0.2) is 5.17 Å². The molecule has 1 aliphatic rings. The van der Waals surface area contributed by atoms with Crippen LogP contribution in [-0.4, -0.2) is 28.0 Å². The van der Waals surface area contributed by atoms with Crippen LogP contribution in [0.5, 0.6) is 0 Å². The molecule has 0 aliphatic carbocycles. The molecule has 1 saturated heterocycles. The molecule has 7 heteroatoms. The molecular weight excluding hydrogens is 440 g/mol. The number of halogens is 1. The molecule has 0 atom stereocenters. The summed E-state index contributed by atoms with van der Waals surface area (Å²) in [4.78, 5) is 17.6. The number of amides is 1. The predicted molar refractivity (Wildman–Crippen MR) is 135 cm³/mol. The van der Waals surface area contributed by atoms with Gasteiger partial charge in [0.1, 0.15) is 0 Å². The number of aromatic nitrogens is 1. The van der Waals surface area contributed by atoms with Crippen LogP contribution in [0.15, 0.2) is 83.0 Å². The maximum Gasteiger partial charge on any atom is 0.243 e. The number of para-hydroxylation sites is 1. The Morgan fingerprint density at radius 2 is 1.78 bits per heavy atom. The molecule has 2 heterocycles. The lowest BCUT2D eigenvalue weighted by Gasteiger charge is -2.15. The number of nitrogens with zero attached hydrogens (tertiary/aromatic N) is 3. The van der Waals surface area contributed by atoms with E-state index in [-0.39, 0.29) is 5.91 Å². The molecular formula is C25H19ClN4OS. The Balaban J connectivity index is 1.52. The second kappa shape index (κ2) is 8.65. The number of benzene rings is 3. The van der Waals surface area contributed by atoms with Crippen LogP contribution in [0.3, 0.4) is 0 Å². The van der Waals surface area contributed by atoms with E-state index in [2.05, 4.69) is 15.2 Å². The lowest BCUT2D eigenvalue weighted by Crippen LogP contribution is -2.28. The van der Waals surface area contributed by atoms with E-state index >= 15 is 0 Å². The van der Waals surface area contributed by atoms with Crippen LogP contribution >= 0.6 is 23.4 Å². The number of rotatable bonds is 4. The van der Waals surface area contributed by atoms with Crippen molar-refractivity contribution in [1.29, 1.82) is 0 Å². The molecule has 0 radical (unpaired) electrons. The van der Waals surface area contributed by atoms with Gasteiger partial charge in [-0.3, -0.25) is 9.69 Å². The lowest BCUT2D eigenvalue weighted by atomic mass is 10.1. The van der Waals surface area contributed by atoms with E-state index < -0.39 is 0 Å². The normalized spacial score (nSPS) is 15.5. The third kappa shape index (κ3) is 3.95. The van der Waals surface area contributed by atoms with Gasteiger partial charge in [-0.25, -0.2) is 0 Å². The van der Waals surface area contributed by atoms with Crippen molar-refractivity contribution in [3.8, 4) is 11.3 Å². The van der Waals surface area contributed by atoms with Crippen LogP contribution in [0.4, 0.5) is 5.69 Å². The number of aryl methyl sites for hydroxylation is 1. The third-order valence-corrected chi connectivity index (χ3v) is 6.43. The van der Waals surface area contributed by atoms with Crippen molar-refractivity contribution in [3.05, 3.63) is 88.9 Å². The topological polar surface area (TPSA) is 60.8 Å². The molecule has 1 fully saturated rings. The van der Waals surface area contributed by atoms with Gasteiger partial charge >= 0.3 is 0 Å². The molecule has 0 unspecified atom stereocenters. The van der Waals surface area contributed by atoms with Crippen molar-refractivity contribution in [2.75, 3.05) is 10.7 Å². The molecule has 5 rings (SSSR count). The zero-order valence-electron chi connectivity index (χ0n) is 17.2. The molecule has 0 saturated carbocycles. The summed E-state index contributed by atoms with van der Waals surface area (Å²) in [5, 5.41) is 11.1. The van der Waals surface area contributed by atoms with E-state index in [4.69, 9.17) is 11.6 Å². The number of carbonyl (C=O) groups is 1. The van der Waals surface area contributed by atoms with Crippen molar-refractivity contribution in [2.24, 2.45) is 10.2 Å². The first-order valence-electron chi connectivity index (χ1n) is 10.1. The first-order chi connectivity index (χ1) is 15.6. The van der Waals surface area contributed by atoms with E-state index in [1.54, 1.807) is 11.1 Å². The number of anilines is 1. The summed E-state index contributed by atoms with van der Waals surface area (Å²) in [6.45, 7) is 2.02. The van der Waals surface area contributed by atoms with Gasteiger partial charge in [-0.2, -0.15) is 5.10 Å². The van der Waals surface area contributed by atoms with E-state index in [0.717, 1.165) is 39.0 Å². The number of hydrogen-bond donors (Lipinski definition) is 1. The first kappa shape index (κ1) is 20.5. The Morgan fingerprint density at radius 1 is 1.03 bits per heavy atom. The zero-order valence-corrected chi connectivity index (χ0v) is 18.8. The number of carbonyl (C=O) groups excluding carboxylic acids is 1. The van der Waals surface area contributed by atoms with Crippen LogP contribution in [0.25, 0.3) is 22.2 Å². The standard InChI is InChI=1S/C25H19ClN4OS/c1-16-6-12-19(13-7-16)30-23(31)15-32-25(30)29-27-14-21-20-4-2-3-5-22(20)28-24(21)17-8-10-18(26)11-9-17/h2-14,28H,15H2,1H3/b27-14-,29-25?. The van der Waals surface area contributed by atoms with Crippen molar-refractivity contribution < 1.29 is 4.79 Å². The minimum Gasteiger partial charge on any atom is -0.354 e. The smallest absolute Gasteiger partial charge is 0.243 e. The fourth-order valence-corrected chi connectivity index (χ4v) is 4.61. The maximum atomic E-state index is 12.5. The van der Waals surface area contributed by atoms with E-state index in [0.29, 0.717) is 15.9 Å². The highest BCUT2D eigenvalue weighted by atomic mass is 35.5. The Labute approximate surface area is 194 Å². The number of H-pyrrole nitrogens is 1. The monoisotopic (exact) mass is 458 g/mol. The molecule has 0 bridgehead atoms. The minimum atomic E-state index is 0.00162. The highest BCUT2D eigenvalue weighted by Gasteiger charge is 2.29. The molecule has 5 nitrogen and oxygen atoms in total. The molecule has 158 valence electrons. The van der Waals surface area contributed by atoms with Gasteiger partial charge in [-0.05, 0) is 42.8 Å². The van der Waals surface area contributed by atoms with Crippen LogP contribution < -0.4 is 4.90 Å². The average molecular weight is 459 g/mol. The number of hydrogen-bond acceptors (Lipinski definition) is 4. The summed E-state index contributed by atoms with van der Waals surface area (Å²) in [6.07, 6.45) is 1.74. The fourth-order valence-electron chi connectivity index (χ4n) is 3.66. The fraction of sp³-hybridized carbons (Fsp3) is 0.0800. The van der Waals surface area contributed by atoms with Crippen molar-refractivity contribution in [2.45, 2.75) is 6.92 Å². The van der Waals surface area contributed by atoms with Crippen LogP contribution in [0.1, 0.15) is 11.1 Å². The predicted octanol–water partition coefficient (Wildman–Crippen LogP) is 6.27. The Bertz CT molecular complexity index is 1360. The zero-order chi connectivity index (χ0) is 22.1. The average Bonchev–Trinajstić information content (AvgIpc) is 3.36. The van der Waals surface area contributed by atoms with Crippen molar-refractivity contribution in [1.82, 2.24) is 4.98 Å². The quantitative estimate of drug-likeness (QED) is 0.289. The number of thioether (sulfide) groups is 1. The summed E-state index contributed by atoms with van der Waals surface area (Å²) in [7, 11) is 0. The molecule has 1 N–H and O–H groups in total. The van der Waals surface area contributed by atoms with Gasteiger partial charge < -0.3 is 4.98 Å².